The molecule has 1 aromatic rings. The van der Waals surface area contributed by atoms with Crippen molar-refractivity contribution in [3.8, 4) is 0 Å². The lowest BCUT2D eigenvalue weighted by Gasteiger charge is -1.98. The van der Waals surface area contributed by atoms with E-state index in [1.807, 2.05) is 0 Å². The van der Waals surface area contributed by atoms with Crippen LogP contribution in [0.1, 0.15) is 10.5 Å². The van der Waals surface area contributed by atoms with E-state index < -0.39 is 11.8 Å². The van der Waals surface area contributed by atoms with Crippen LogP contribution in [-0.2, 0) is 0 Å². The van der Waals surface area contributed by atoms with Gasteiger partial charge in [0.1, 0.15) is 5.82 Å². The van der Waals surface area contributed by atoms with Gasteiger partial charge < -0.3 is 9.90 Å². The molecule has 0 saturated carbocycles. The molecule has 0 aliphatic rings. The predicted octanol–water partition coefficient (Wildman–Crippen LogP) is -0.416. The zero-order valence-electron chi connectivity index (χ0n) is 4.87. The van der Waals surface area contributed by atoms with Gasteiger partial charge in [-0.3, -0.25) is 4.98 Å². The third-order valence-corrected chi connectivity index (χ3v) is 0.931. The van der Waals surface area contributed by atoms with Crippen LogP contribution in [0, 0.1) is 5.82 Å². The SMILES string of the molecule is O=C([O-])c1cc(F)ccn1. The maximum Gasteiger partial charge on any atom is 0.126 e. The molecule has 0 N–H and O–H groups in total. The number of hydrogen-bond acceptors (Lipinski definition) is 3. The molecule has 0 radical (unpaired) electrons. The van der Waals surface area contributed by atoms with E-state index in [-0.39, 0.29) is 5.69 Å². The molecule has 0 unspecified atom stereocenters. The molecule has 10 heavy (non-hydrogen) atoms. The summed E-state index contributed by atoms with van der Waals surface area (Å²) in [6.45, 7) is 0. The van der Waals surface area contributed by atoms with Gasteiger partial charge in [-0.2, -0.15) is 0 Å². The Morgan fingerprint density at radius 2 is 2.40 bits per heavy atom. The Hall–Kier alpha value is -1.45. The zero-order valence-corrected chi connectivity index (χ0v) is 4.87. The molecule has 3 nitrogen and oxygen atoms in total. The summed E-state index contributed by atoms with van der Waals surface area (Å²) in [6.07, 6.45) is 1.07. The van der Waals surface area contributed by atoms with E-state index >= 15 is 0 Å². The Morgan fingerprint density at radius 3 is 2.80 bits per heavy atom. The number of carbonyl (C=O) groups is 1. The maximum atomic E-state index is 12.2. The van der Waals surface area contributed by atoms with Crippen LogP contribution in [0.15, 0.2) is 18.3 Å². The second-order valence-corrected chi connectivity index (χ2v) is 1.65. The van der Waals surface area contributed by atoms with E-state index in [0.717, 1.165) is 18.3 Å². The summed E-state index contributed by atoms with van der Waals surface area (Å²) < 4.78 is 12.2. The molecular weight excluding hydrogens is 137 g/mol. The molecule has 0 saturated heterocycles. The lowest BCUT2D eigenvalue weighted by atomic mass is 10.3. The Balaban J connectivity index is 3.07. The van der Waals surface area contributed by atoms with E-state index in [1.165, 1.54) is 0 Å². The van der Waals surface area contributed by atoms with E-state index in [2.05, 4.69) is 4.98 Å². The summed E-state index contributed by atoms with van der Waals surface area (Å²) in [6, 6.07) is 1.86. The minimum atomic E-state index is -1.47. The fourth-order valence-corrected chi connectivity index (χ4v) is 0.516. The van der Waals surface area contributed by atoms with Crippen molar-refractivity contribution in [2.75, 3.05) is 0 Å². The number of carbonyl (C=O) groups excluding carboxylic acids is 1. The summed E-state index contributed by atoms with van der Waals surface area (Å²) in [5.74, 6) is -2.10. The summed E-state index contributed by atoms with van der Waals surface area (Å²) in [7, 11) is 0. The van der Waals surface area contributed by atoms with Gasteiger partial charge in [0.2, 0.25) is 0 Å². The van der Waals surface area contributed by atoms with Gasteiger partial charge in [0.05, 0.1) is 11.7 Å². The van der Waals surface area contributed by atoms with Crippen molar-refractivity contribution in [1.29, 1.82) is 0 Å². The van der Waals surface area contributed by atoms with Gasteiger partial charge in [0.25, 0.3) is 0 Å². The van der Waals surface area contributed by atoms with Crippen LogP contribution >= 0.6 is 0 Å². The highest BCUT2D eigenvalue weighted by atomic mass is 19.1. The van der Waals surface area contributed by atoms with Crippen molar-refractivity contribution in [2.45, 2.75) is 0 Å². The largest absolute Gasteiger partial charge is 0.543 e. The fourth-order valence-electron chi connectivity index (χ4n) is 0.516. The second kappa shape index (κ2) is 2.43. The first-order valence-corrected chi connectivity index (χ1v) is 2.53. The van der Waals surface area contributed by atoms with Crippen molar-refractivity contribution in [1.82, 2.24) is 4.98 Å². The number of halogens is 1. The Kier molecular flexibility index (Phi) is 1.62. The predicted molar refractivity (Wildman–Crippen MR) is 28.5 cm³/mol. The first kappa shape index (κ1) is 6.67. The minimum absolute atomic E-state index is 0.389. The maximum absolute atomic E-state index is 12.2. The molecule has 0 bridgehead atoms. The van der Waals surface area contributed by atoms with Gasteiger partial charge >= 0.3 is 0 Å². The number of aromatic carboxylic acids is 1. The number of pyridine rings is 1. The average Bonchev–Trinajstić information content (AvgIpc) is 1.88. The molecule has 0 spiro atoms. The molecule has 0 fully saturated rings. The monoisotopic (exact) mass is 140 g/mol. The van der Waals surface area contributed by atoms with Crippen molar-refractivity contribution in [3.05, 3.63) is 29.8 Å². The molecule has 0 aromatic carbocycles. The van der Waals surface area contributed by atoms with Crippen LogP contribution < -0.4 is 5.11 Å². The highest BCUT2D eigenvalue weighted by Gasteiger charge is 1.94. The highest BCUT2D eigenvalue weighted by Crippen LogP contribution is 1.96. The van der Waals surface area contributed by atoms with Gasteiger partial charge in [-0.05, 0) is 6.07 Å². The van der Waals surface area contributed by atoms with Gasteiger partial charge in [-0.15, -0.1) is 0 Å². The van der Waals surface area contributed by atoms with E-state index in [1.54, 1.807) is 0 Å². The zero-order chi connectivity index (χ0) is 7.56. The Labute approximate surface area is 56.1 Å². The van der Waals surface area contributed by atoms with Crippen LogP contribution in [0.4, 0.5) is 4.39 Å². The standard InChI is InChI=1S/C6H4FNO2/c7-4-1-2-8-5(3-4)6(9)10/h1-3H,(H,9,10)/p-1. The lowest BCUT2D eigenvalue weighted by Crippen LogP contribution is -2.23. The molecule has 0 aliphatic heterocycles. The number of hydrogen-bond donors (Lipinski definition) is 0. The number of carboxylic acids is 1. The number of nitrogens with zero attached hydrogens (tertiary/aromatic N) is 1. The molecule has 52 valence electrons. The highest BCUT2D eigenvalue weighted by molar-refractivity contribution is 5.83. The molecular formula is C6H3FNO2-. The van der Waals surface area contributed by atoms with Gasteiger partial charge in [-0.1, -0.05) is 0 Å². The molecule has 0 atom stereocenters. The third kappa shape index (κ3) is 1.28. The summed E-state index contributed by atoms with van der Waals surface area (Å²) >= 11 is 0. The first-order chi connectivity index (χ1) is 4.70. The number of carboxylic acid groups (broad SMARTS) is 1. The van der Waals surface area contributed by atoms with Crippen LogP contribution in [0.2, 0.25) is 0 Å². The molecule has 0 aliphatic carbocycles. The van der Waals surface area contributed by atoms with Gasteiger partial charge in [-0.25, -0.2) is 4.39 Å². The minimum Gasteiger partial charge on any atom is -0.543 e. The molecule has 4 heteroatoms. The van der Waals surface area contributed by atoms with Crippen LogP contribution in [0.5, 0.6) is 0 Å². The molecule has 0 amide bonds. The van der Waals surface area contributed by atoms with E-state index in [9.17, 15) is 14.3 Å². The second-order valence-electron chi connectivity index (χ2n) is 1.65. The van der Waals surface area contributed by atoms with Crippen molar-refractivity contribution >= 4 is 5.97 Å². The molecule has 1 rings (SSSR count). The average molecular weight is 140 g/mol. The summed E-state index contributed by atoms with van der Waals surface area (Å²) in [4.78, 5) is 13.3. The molecule has 1 heterocycles. The van der Waals surface area contributed by atoms with Gasteiger partial charge in [0.15, 0.2) is 0 Å². The normalized spacial score (nSPS) is 9.30. The number of rotatable bonds is 1. The Bertz CT molecular complexity index is 262. The van der Waals surface area contributed by atoms with Crippen molar-refractivity contribution in [2.24, 2.45) is 0 Å². The van der Waals surface area contributed by atoms with Crippen LogP contribution in [0.25, 0.3) is 0 Å². The lowest BCUT2D eigenvalue weighted by molar-refractivity contribution is -0.255. The van der Waals surface area contributed by atoms with Crippen molar-refractivity contribution < 1.29 is 14.3 Å². The topological polar surface area (TPSA) is 53.0 Å². The third-order valence-electron chi connectivity index (χ3n) is 0.931. The fraction of sp³-hybridized carbons (Fsp3) is 0. The summed E-state index contributed by atoms with van der Waals surface area (Å²) in [5, 5.41) is 10.0. The first-order valence-electron chi connectivity index (χ1n) is 2.53. The number of aromatic nitrogens is 1. The summed E-state index contributed by atoms with van der Waals surface area (Å²) in [5.41, 5.74) is -0.389. The molecule has 1 aromatic heterocycles. The van der Waals surface area contributed by atoms with Crippen LogP contribution in [-0.4, -0.2) is 11.0 Å². The van der Waals surface area contributed by atoms with Crippen molar-refractivity contribution in [3.63, 3.8) is 0 Å². The smallest absolute Gasteiger partial charge is 0.126 e. The Morgan fingerprint density at radius 1 is 1.70 bits per heavy atom. The quantitative estimate of drug-likeness (QED) is 0.532. The van der Waals surface area contributed by atoms with E-state index in [0.29, 0.717) is 0 Å². The van der Waals surface area contributed by atoms with E-state index in [4.69, 9.17) is 0 Å². The van der Waals surface area contributed by atoms with Crippen LogP contribution in [0.3, 0.4) is 0 Å². The van der Waals surface area contributed by atoms with Gasteiger partial charge in [0, 0.05) is 12.3 Å².